The van der Waals surface area contributed by atoms with Crippen LogP contribution in [0.3, 0.4) is 0 Å². The fraction of sp³-hybridized carbons (Fsp3) is 0.889. The van der Waals surface area contributed by atoms with Crippen LogP contribution in [0.15, 0.2) is 0 Å². The van der Waals surface area contributed by atoms with E-state index in [0.717, 1.165) is 19.4 Å². The first-order valence-corrected chi connectivity index (χ1v) is 4.37. The predicted molar refractivity (Wildman–Crippen MR) is 47.1 cm³/mol. The zero-order valence-corrected chi connectivity index (χ0v) is 7.72. The van der Waals surface area contributed by atoms with Crippen molar-refractivity contribution in [2.45, 2.75) is 39.7 Å². The molecule has 1 N–H and O–H groups in total. The average Bonchev–Trinajstić information content (AvgIpc) is 2.06. The molecule has 2 nitrogen and oxygen atoms in total. The Morgan fingerprint density at radius 2 is 1.91 bits per heavy atom. The van der Waals surface area contributed by atoms with E-state index in [9.17, 15) is 0 Å². The number of nitrogens with zero attached hydrogens (tertiary/aromatic N) is 1. The van der Waals surface area contributed by atoms with E-state index >= 15 is 0 Å². The molecule has 1 atom stereocenters. The monoisotopic (exact) mass is 154 g/mol. The molecule has 0 rings (SSSR count). The summed E-state index contributed by atoms with van der Waals surface area (Å²) >= 11 is 0. The highest BCUT2D eigenvalue weighted by atomic mass is 14.9. The number of hydrogen-bond acceptors (Lipinski definition) is 2. The first kappa shape index (κ1) is 10.4. The summed E-state index contributed by atoms with van der Waals surface area (Å²) in [5.41, 5.74) is 0. The van der Waals surface area contributed by atoms with E-state index in [4.69, 9.17) is 5.26 Å². The number of nitriles is 1. The van der Waals surface area contributed by atoms with E-state index in [1.165, 1.54) is 0 Å². The minimum atomic E-state index is 0.135. The lowest BCUT2D eigenvalue weighted by atomic mass is 10.1. The Kier molecular flexibility index (Phi) is 5.87. The van der Waals surface area contributed by atoms with Gasteiger partial charge in [-0.3, -0.25) is 0 Å². The summed E-state index contributed by atoms with van der Waals surface area (Å²) in [6.45, 7) is 7.09. The van der Waals surface area contributed by atoms with Crippen LogP contribution in [0.4, 0.5) is 0 Å². The molecule has 2 heteroatoms. The molecule has 0 spiro atoms. The van der Waals surface area contributed by atoms with Gasteiger partial charge < -0.3 is 5.32 Å². The van der Waals surface area contributed by atoms with Crippen molar-refractivity contribution in [3.8, 4) is 6.07 Å². The highest BCUT2D eigenvalue weighted by molar-refractivity contribution is 4.81. The first-order chi connectivity index (χ1) is 5.24. The highest BCUT2D eigenvalue weighted by Gasteiger charge is 2.04. The zero-order valence-electron chi connectivity index (χ0n) is 7.72. The standard InChI is InChI=1S/C9H18N2/c1-4-9(5-2)11-7-8(3)6-10/h8-9,11H,4-5,7H2,1-3H3. The second-order valence-corrected chi connectivity index (χ2v) is 2.95. The zero-order chi connectivity index (χ0) is 8.69. The molecule has 0 aliphatic carbocycles. The van der Waals surface area contributed by atoms with Crippen molar-refractivity contribution in [3.63, 3.8) is 0 Å². The van der Waals surface area contributed by atoms with Gasteiger partial charge in [-0.2, -0.15) is 5.26 Å². The van der Waals surface area contributed by atoms with Crippen molar-refractivity contribution in [3.05, 3.63) is 0 Å². The summed E-state index contributed by atoms with van der Waals surface area (Å²) in [5, 5.41) is 11.9. The molecule has 0 aliphatic heterocycles. The third-order valence-electron chi connectivity index (χ3n) is 1.92. The van der Waals surface area contributed by atoms with Crippen LogP contribution < -0.4 is 5.32 Å². The van der Waals surface area contributed by atoms with Crippen LogP contribution in [0.2, 0.25) is 0 Å². The maximum atomic E-state index is 8.50. The lowest BCUT2D eigenvalue weighted by Crippen LogP contribution is -2.31. The van der Waals surface area contributed by atoms with Gasteiger partial charge in [-0.15, -0.1) is 0 Å². The summed E-state index contributed by atoms with van der Waals surface area (Å²) in [7, 11) is 0. The summed E-state index contributed by atoms with van der Waals surface area (Å²) in [4.78, 5) is 0. The summed E-state index contributed by atoms with van der Waals surface area (Å²) < 4.78 is 0. The number of nitrogens with one attached hydrogen (secondary N) is 1. The van der Waals surface area contributed by atoms with Gasteiger partial charge in [0, 0.05) is 12.6 Å². The molecule has 0 aromatic heterocycles. The minimum Gasteiger partial charge on any atom is -0.313 e. The van der Waals surface area contributed by atoms with Gasteiger partial charge in [-0.25, -0.2) is 0 Å². The molecule has 0 saturated heterocycles. The lowest BCUT2D eigenvalue weighted by Gasteiger charge is -2.14. The van der Waals surface area contributed by atoms with E-state index < -0.39 is 0 Å². The van der Waals surface area contributed by atoms with Gasteiger partial charge in [0.2, 0.25) is 0 Å². The van der Waals surface area contributed by atoms with Crippen LogP contribution in [0, 0.1) is 17.2 Å². The van der Waals surface area contributed by atoms with Crippen molar-refractivity contribution < 1.29 is 0 Å². The van der Waals surface area contributed by atoms with E-state index in [1.54, 1.807) is 0 Å². The van der Waals surface area contributed by atoms with E-state index in [0.29, 0.717) is 6.04 Å². The lowest BCUT2D eigenvalue weighted by molar-refractivity contribution is 0.461. The van der Waals surface area contributed by atoms with E-state index in [2.05, 4.69) is 25.2 Å². The van der Waals surface area contributed by atoms with Crippen LogP contribution in [-0.2, 0) is 0 Å². The quantitative estimate of drug-likeness (QED) is 0.656. The Bertz CT molecular complexity index is 122. The van der Waals surface area contributed by atoms with Crippen molar-refractivity contribution >= 4 is 0 Å². The maximum Gasteiger partial charge on any atom is 0.0666 e. The fourth-order valence-corrected chi connectivity index (χ4v) is 0.966. The normalized spacial score (nSPS) is 13.0. The first-order valence-electron chi connectivity index (χ1n) is 4.37. The molecule has 64 valence electrons. The Labute approximate surface area is 69.6 Å². The van der Waals surface area contributed by atoms with E-state index in [1.807, 2.05) is 6.92 Å². The third-order valence-corrected chi connectivity index (χ3v) is 1.92. The molecule has 0 bridgehead atoms. The third kappa shape index (κ3) is 4.80. The van der Waals surface area contributed by atoms with Crippen LogP contribution in [0.25, 0.3) is 0 Å². The maximum absolute atomic E-state index is 8.50. The second-order valence-electron chi connectivity index (χ2n) is 2.95. The average molecular weight is 154 g/mol. The summed E-state index contributed by atoms with van der Waals surface area (Å²) in [6.07, 6.45) is 2.29. The molecular weight excluding hydrogens is 136 g/mol. The smallest absolute Gasteiger partial charge is 0.0666 e. The van der Waals surface area contributed by atoms with Crippen molar-refractivity contribution in [1.82, 2.24) is 5.32 Å². The van der Waals surface area contributed by atoms with Gasteiger partial charge in [0.25, 0.3) is 0 Å². The van der Waals surface area contributed by atoms with Crippen LogP contribution in [0.5, 0.6) is 0 Å². The Morgan fingerprint density at radius 1 is 1.36 bits per heavy atom. The molecule has 0 saturated carbocycles. The van der Waals surface area contributed by atoms with Crippen molar-refractivity contribution in [2.24, 2.45) is 5.92 Å². The second kappa shape index (κ2) is 6.18. The van der Waals surface area contributed by atoms with Crippen molar-refractivity contribution in [1.29, 1.82) is 5.26 Å². The molecule has 0 heterocycles. The Hall–Kier alpha value is -0.550. The summed E-state index contributed by atoms with van der Waals surface area (Å²) in [5.74, 6) is 0.135. The van der Waals surface area contributed by atoms with Gasteiger partial charge in [0.05, 0.1) is 12.0 Å². The van der Waals surface area contributed by atoms with Crippen LogP contribution in [-0.4, -0.2) is 12.6 Å². The van der Waals surface area contributed by atoms with Crippen LogP contribution in [0.1, 0.15) is 33.6 Å². The highest BCUT2D eigenvalue weighted by Crippen LogP contribution is 1.97. The van der Waals surface area contributed by atoms with E-state index in [-0.39, 0.29) is 5.92 Å². The van der Waals surface area contributed by atoms with Gasteiger partial charge in [-0.1, -0.05) is 13.8 Å². The van der Waals surface area contributed by atoms with Gasteiger partial charge >= 0.3 is 0 Å². The molecule has 0 radical (unpaired) electrons. The molecular formula is C9H18N2. The number of rotatable bonds is 5. The van der Waals surface area contributed by atoms with Gasteiger partial charge in [0.1, 0.15) is 0 Å². The summed E-state index contributed by atoms with van der Waals surface area (Å²) in [6, 6.07) is 2.79. The molecule has 0 aromatic rings. The molecule has 0 amide bonds. The molecule has 0 fully saturated rings. The largest absolute Gasteiger partial charge is 0.313 e. The molecule has 11 heavy (non-hydrogen) atoms. The van der Waals surface area contributed by atoms with Crippen LogP contribution >= 0.6 is 0 Å². The molecule has 1 unspecified atom stereocenters. The Balaban J connectivity index is 3.44. The van der Waals surface area contributed by atoms with Gasteiger partial charge in [-0.05, 0) is 19.8 Å². The van der Waals surface area contributed by atoms with Crippen molar-refractivity contribution in [2.75, 3.05) is 6.54 Å². The number of hydrogen-bond donors (Lipinski definition) is 1. The predicted octanol–water partition coefficient (Wildman–Crippen LogP) is 1.92. The SMILES string of the molecule is CCC(CC)NCC(C)C#N. The van der Waals surface area contributed by atoms with Gasteiger partial charge in [0.15, 0.2) is 0 Å². The topological polar surface area (TPSA) is 35.8 Å². The molecule has 0 aromatic carbocycles. The molecule has 0 aliphatic rings. The Morgan fingerprint density at radius 3 is 2.27 bits per heavy atom. The minimum absolute atomic E-state index is 0.135. The fourth-order valence-electron chi connectivity index (χ4n) is 0.966.